The first kappa shape index (κ1) is 15.5. The highest BCUT2D eigenvalue weighted by atomic mass is 15.2. The standard InChI is InChI=1S/C18H30N2/c1-3-17-12-8-5-9-13-20(17)14-15(2)18(19)16-10-6-4-7-11-16/h4,6-7,10-11,15,17-18H,3,5,8-9,12-14,19H2,1-2H3. The van der Waals surface area contributed by atoms with Gasteiger partial charge in [-0.1, -0.05) is 57.0 Å². The highest BCUT2D eigenvalue weighted by Crippen LogP contribution is 2.24. The molecule has 1 aromatic rings. The molecule has 1 fully saturated rings. The Morgan fingerprint density at radius 3 is 2.65 bits per heavy atom. The number of benzene rings is 1. The zero-order valence-corrected chi connectivity index (χ0v) is 13.1. The van der Waals surface area contributed by atoms with E-state index in [0.717, 1.165) is 12.6 Å². The van der Waals surface area contributed by atoms with Crippen LogP contribution in [0.1, 0.15) is 57.6 Å². The molecule has 1 saturated heterocycles. The van der Waals surface area contributed by atoms with Crippen LogP contribution in [0.25, 0.3) is 0 Å². The molecule has 0 aromatic heterocycles. The van der Waals surface area contributed by atoms with Crippen molar-refractivity contribution >= 4 is 0 Å². The Hall–Kier alpha value is -0.860. The summed E-state index contributed by atoms with van der Waals surface area (Å²) >= 11 is 0. The number of hydrogen-bond donors (Lipinski definition) is 1. The molecule has 1 aromatic carbocycles. The fraction of sp³-hybridized carbons (Fsp3) is 0.667. The smallest absolute Gasteiger partial charge is 0.0333 e. The molecule has 3 atom stereocenters. The van der Waals surface area contributed by atoms with E-state index in [1.807, 2.05) is 0 Å². The van der Waals surface area contributed by atoms with Crippen molar-refractivity contribution in [3.8, 4) is 0 Å². The second-order valence-corrected chi connectivity index (χ2v) is 6.32. The molecule has 2 nitrogen and oxygen atoms in total. The van der Waals surface area contributed by atoms with Gasteiger partial charge in [-0.2, -0.15) is 0 Å². The lowest BCUT2D eigenvalue weighted by atomic mass is 9.94. The average Bonchev–Trinajstić information content (AvgIpc) is 2.72. The summed E-state index contributed by atoms with van der Waals surface area (Å²) in [6.07, 6.45) is 6.78. The van der Waals surface area contributed by atoms with E-state index in [2.05, 4.69) is 49.1 Å². The van der Waals surface area contributed by atoms with Crippen LogP contribution < -0.4 is 5.73 Å². The molecule has 0 radical (unpaired) electrons. The van der Waals surface area contributed by atoms with Crippen LogP contribution in [0, 0.1) is 5.92 Å². The topological polar surface area (TPSA) is 29.3 Å². The predicted octanol–water partition coefficient (Wildman–Crippen LogP) is 3.98. The summed E-state index contributed by atoms with van der Waals surface area (Å²) in [5, 5.41) is 0. The van der Waals surface area contributed by atoms with Gasteiger partial charge in [0.1, 0.15) is 0 Å². The zero-order valence-electron chi connectivity index (χ0n) is 13.1. The highest BCUT2D eigenvalue weighted by Gasteiger charge is 2.23. The molecule has 0 saturated carbocycles. The first-order valence-corrected chi connectivity index (χ1v) is 8.27. The van der Waals surface area contributed by atoms with Crippen molar-refractivity contribution in [2.75, 3.05) is 13.1 Å². The van der Waals surface area contributed by atoms with Crippen LogP contribution in [0.3, 0.4) is 0 Å². The van der Waals surface area contributed by atoms with Gasteiger partial charge in [-0.25, -0.2) is 0 Å². The minimum absolute atomic E-state index is 0.150. The lowest BCUT2D eigenvalue weighted by molar-refractivity contribution is 0.160. The monoisotopic (exact) mass is 274 g/mol. The van der Waals surface area contributed by atoms with E-state index in [4.69, 9.17) is 5.73 Å². The Balaban J connectivity index is 1.96. The molecular weight excluding hydrogens is 244 g/mol. The van der Waals surface area contributed by atoms with E-state index in [1.165, 1.54) is 44.2 Å². The van der Waals surface area contributed by atoms with E-state index < -0.39 is 0 Å². The number of nitrogens with two attached hydrogens (primary N) is 1. The lowest BCUT2D eigenvalue weighted by Gasteiger charge is -2.33. The molecule has 2 N–H and O–H groups in total. The summed E-state index contributed by atoms with van der Waals surface area (Å²) in [5.74, 6) is 0.504. The van der Waals surface area contributed by atoms with Crippen LogP contribution in [0.15, 0.2) is 30.3 Å². The maximum absolute atomic E-state index is 6.45. The van der Waals surface area contributed by atoms with Crippen LogP contribution in [0.2, 0.25) is 0 Å². The molecule has 1 heterocycles. The van der Waals surface area contributed by atoms with E-state index in [1.54, 1.807) is 0 Å². The molecule has 0 spiro atoms. The Bertz CT molecular complexity index is 376. The second-order valence-electron chi connectivity index (χ2n) is 6.32. The van der Waals surface area contributed by atoms with Gasteiger partial charge in [0.05, 0.1) is 0 Å². The predicted molar refractivity (Wildman–Crippen MR) is 86.7 cm³/mol. The molecule has 2 heteroatoms. The molecule has 1 aliphatic heterocycles. The van der Waals surface area contributed by atoms with E-state index in [-0.39, 0.29) is 6.04 Å². The third kappa shape index (κ3) is 4.07. The van der Waals surface area contributed by atoms with Gasteiger partial charge < -0.3 is 10.6 Å². The molecule has 2 rings (SSSR count). The third-order valence-electron chi connectivity index (χ3n) is 4.79. The van der Waals surface area contributed by atoms with Crippen molar-refractivity contribution in [3.05, 3.63) is 35.9 Å². The van der Waals surface area contributed by atoms with Crippen molar-refractivity contribution in [1.29, 1.82) is 0 Å². The fourth-order valence-corrected chi connectivity index (χ4v) is 3.43. The number of nitrogens with zero attached hydrogens (tertiary/aromatic N) is 1. The van der Waals surface area contributed by atoms with Gasteiger partial charge in [0.2, 0.25) is 0 Å². The molecule has 112 valence electrons. The number of hydrogen-bond acceptors (Lipinski definition) is 2. The highest BCUT2D eigenvalue weighted by molar-refractivity contribution is 5.19. The molecule has 0 bridgehead atoms. The lowest BCUT2D eigenvalue weighted by Crippen LogP contribution is -2.40. The number of rotatable bonds is 5. The van der Waals surface area contributed by atoms with Gasteiger partial charge in [-0.15, -0.1) is 0 Å². The number of likely N-dealkylation sites (tertiary alicyclic amines) is 1. The Kier molecular flexibility index (Phi) is 6.06. The molecule has 20 heavy (non-hydrogen) atoms. The van der Waals surface area contributed by atoms with Gasteiger partial charge >= 0.3 is 0 Å². The van der Waals surface area contributed by atoms with Crippen molar-refractivity contribution in [2.24, 2.45) is 11.7 Å². The van der Waals surface area contributed by atoms with E-state index >= 15 is 0 Å². The van der Waals surface area contributed by atoms with Gasteiger partial charge in [0.15, 0.2) is 0 Å². The molecule has 1 aliphatic rings. The summed E-state index contributed by atoms with van der Waals surface area (Å²) in [4.78, 5) is 2.69. The van der Waals surface area contributed by atoms with Gasteiger partial charge in [-0.05, 0) is 37.3 Å². The largest absolute Gasteiger partial charge is 0.324 e. The van der Waals surface area contributed by atoms with Crippen LogP contribution >= 0.6 is 0 Å². The minimum atomic E-state index is 0.150. The first-order chi connectivity index (χ1) is 9.72. The summed E-state index contributed by atoms with van der Waals surface area (Å²) < 4.78 is 0. The molecule has 0 amide bonds. The van der Waals surface area contributed by atoms with Crippen molar-refractivity contribution in [1.82, 2.24) is 4.90 Å². The Labute approximate surface area is 124 Å². The minimum Gasteiger partial charge on any atom is -0.324 e. The fourth-order valence-electron chi connectivity index (χ4n) is 3.43. The van der Waals surface area contributed by atoms with Crippen LogP contribution in [-0.2, 0) is 0 Å². The van der Waals surface area contributed by atoms with E-state index in [9.17, 15) is 0 Å². The quantitative estimate of drug-likeness (QED) is 0.880. The molecular formula is C18H30N2. The maximum Gasteiger partial charge on any atom is 0.0333 e. The Morgan fingerprint density at radius 1 is 1.20 bits per heavy atom. The molecule has 0 aliphatic carbocycles. The molecule has 3 unspecified atom stereocenters. The zero-order chi connectivity index (χ0) is 14.4. The van der Waals surface area contributed by atoms with Gasteiger partial charge in [0, 0.05) is 18.6 Å². The summed E-state index contributed by atoms with van der Waals surface area (Å²) in [6, 6.07) is 11.5. The van der Waals surface area contributed by atoms with Crippen molar-refractivity contribution < 1.29 is 0 Å². The average molecular weight is 274 g/mol. The normalized spacial score (nSPS) is 24.1. The second kappa shape index (κ2) is 7.80. The van der Waals surface area contributed by atoms with Crippen LogP contribution in [-0.4, -0.2) is 24.0 Å². The van der Waals surface area contributed by atoms with Gasteiger partial charge in [-0.3, -0.25) is 0 Å². The van der Waals surface area contributed by atoms with Crippen LogP contribution in [0.5, 0.6) is 0 Å². The van der Waals surface area contributed by atoms with Crippen LogP contribution in [0.4, 0.5) is 0 Å². The van der Waals surface area contributed by atoms with Gasteiger partial charge in [0.25, 0.3) is 0 Å². The summed E-state index contributed by atoms with van der Waals surface area (Å²) in [6.45, 7) is 7.01. The SMILES string of the molecule is CCC1CCCCCN1CC(C)C(N)c1ccccc1. The first-order valence-electron chi connectivity index (χ1n) is 8.27. The van der Waals surface area contributed by atoms with E-state index in [0.29, 0.717) is 5.92 Å². The summed E-state index contributed by atoms with van der Waals surface area (Å²) in [5.41, 5.74) is 7.72. The maximum atomic E-state index is 6.45. The summed E-state index contributed by atoms with van der Waals surface area (Å²) in [7, 11) is 0. The van der Waals surface area contributed by atoms with Crippen molar-refractivity contribution in [2.45, 2.75) is 58.0 Å². The van der Waals surface area contributed by atoms with Crippen molar-refractivity contribution in [3.63, 3.8) is 0 Å². The third-order valence-corrected chi connectivity index (χ3v) is 4.79. The Morgan fingerprint density at radius 2 is 1.95 bits per heavy atom.